The number of hydrogen-bond donors (Lipinski definition) is 2. The van der Waals surface area contributed by atoms with Crippen LogP contribution in [0.15, 0.2) is 29.3 Å². The van der Waals surface area contributed by atoms with Gasteiger partial charge in [-0.3, -0.25) is 0 Å². The molecule has 15 heavy (non-hydrogen) atoms. The number of rotatable bonds is 4. The molecule has 1 aromatic carbocycles. The molecule has 3 nitrogen and oxygen atoms in total. The molecule has 0 amide bonds. The number of nitrogens with one attached hydrogen (secondary N) is 1. The second-order valence-corrected chi connectivity index (χ2v) is 3.82. The summed E-state index contributed by atoms with van der Waals surface area (Å²) in [7, 11) is 0. The van der Waals surface area contributed by atoms with Crippen LogP contribution < -0.4 is 11.1 Å². The molecule has 0 aliphatic rings. The summed E-state index contributed by atoms with van der Waals surface area (Å²) < 4.78 is 0. The second kappa shape index (κ2) is 5.61. The standard InChI is InChI=1S/C11H16ClN3/c1-8(2)14-9-5-3-4-6-10(9)15-11(13)7-12/h3-6,8,14H,7H2,1-2H3,(H2,13,15). The van der Waals surface area contributed by atoms with Crippen LogP contribution in [0.1, 0.15) is 13.8 Å². The van der Waals surface area contributed by atoms with E-state index in [2.05, 4.69) is 24.2 Å². The van der Waals surface area contributed by atoms with Gasteiger partial charge in [-0.2, -0.15) is 0 Å². The Balaban J connectivity index is 2.96. The Labute approximate surface area is 95.3 Å². The Morgan fingerprint density at radius 3 is 2.73 bits per heavy atom. The van der Waals surface area contributed by atoms with Crippen molar-refractivity contribution < 1.29 is 0 Å². The molecule has 82 valence electrons. The fraction of sp³-hybridized carbons (Fsp3) is 0.364. The molecule has 1 aromatic rings. The second-order valence-electron chi connectivity index (χ2n) is 3.55. The van der Waals surface area contributed by atoms with Gasteiger partial charge in [0, 0.05) is 6.04 Å². The molecule has 0 aromatic heterocycles. The predicted octanol–water partition coefficient (Wildman–Crippen LogP) is 2.73. The highest BCUT2D eigenvalue weighted by molar-refractivity contribution is 6.28. The minimum atomic E-state index is 0.246. The number of benzene rings is 1. The van der Waals surface area contributed by atoms with E-state index >= 15 is 0 Å². The molecule has 0 aliphatic heterocycles. The first-order chi connectivity index (χ1) is 7.13. The van der Waals surface area contributed by atoms with E-state index in [0.717, 1.165) is 11.4 Å². The Bertz CT molecular complexity index is 347. The number of nitrogens with two attached hydrogens (primary N) is 1. The van der Waals surface area contributed by atoms with Crippen molar-refractivity contribution in [3.8, 4) is 0 Å². The van der Waals surface area contributed by atoms with Gasteiger partial charge in [0.1, 0.15) is 5.84 Å². The fourth-order valence-corrected chi connectivity index (χ4v) is 1.25. The summed E-state index contributed by atoms with van der Waals surface area (Å²) in [6.45, 7) is 4.15. The predicted molar refractivity (Wildman–Crippen MR) is 67.2 cm³/mol. The SMILES string of the molecule is CC(C)Nc1ccccc1N=C(N)CCl. The van der Waals surface area contributed by atoms with Crippen LogP contribution in [-0.2, 0) is 0 Å². The van der Waals surface area contributed by atoms with Crippen molar-refractivity contribution in [2.45, 2.75) is 19.9 Å². The van der Waals surface area contributed by atoms with E-state index in [1.165, 1.54) is 0 Å². The van der Waals surface area contributed by atoms with E-state index in [0.29, 0.717) is 11.9 Å². The zero-order chi connectivity index (χ0) is 11.3. The topological polar surface area (TPSA) is 50.4 Å². The molecule has 4 heteroatoms. The minimum Gasteiger partial charge on any atom is -0.386 e. The monoisotopic (exact) mass is 225 g/mol. The molecule has 0 saturated heterocycles. The van der Waals surface area contributed by atoms with Crippen molar-refractivity contribution in [2.24, 2.45) is 10.7 Å². The molecule has 0 bridgehead atoms. The van der Waals surface area contributed by atoms with E-state index in [1.807, 2.05) is 24.3 Å². The molecule has 0 fully saturated rings. The number of anilines is 1. The molecule has 0 atom stereocenters. The Morgan fingerprint density at radius 2 is 2.13 bits per heavy atom. The van der Waals surface area contributed by atoms with Crippen LogP contribution in [0.5, 0.6) is 0 Å². The van der Waals surface area contributed by atoms with E-state index in [1.54, 1.807) is 0 Å². The molecule has 0 radical (unpaired) electrons. The summed E-state index contributed by atoms with van der Waals surface area (Å²) in [5.74, 6) is 0.672. The van der Waals surface area contributed by atoms with Crippen LogP contribution >= 0.6 is 11.6 Å². The van der Waals surface area contributed by atoms with Crippen LogP contribution in [0, 0.1) is 0 Å². The lowest BCUT2D eigenvalue weighted by molar-refractivity contribution is 0.900. The van der Waals surface area contributed by atoms with Gasteiger partial charge < -0.3 is 11.1 Å². The molecule has 0 spiro atoms. The quantitative estimate of drug-likeness (QED) is 0.470. The Morgan fingerprint density at radius 1 is 1.47 bits per heavy atom. The number of nitrogens with zero attached hydrogens (tertiary/aromatic N) is 1. The zero-order valence-electron chi connectivity index (χ0n) is 9.00. The summed E-state index contributed by atoms with van der Waals surface area (Å²) in [5.41, 5.74) is 7.39. The Kier molecular flexibility index (Phi) is 4.43. The third kappa shape index (κ3) is 3.80. The lowest BCUT2D eigenvalue weighted by atomic mass is 10.2. The molecule has 3 N–H and O–H groups in total. The summed E-state index contributed by atoms with van der Waals surface area (Å²) in [5, 5.41) is 3.30. The van der Waals surface area contributed by atoms with Crippen LogP contribution in [0.3, 0.4) is 0 Å². The van der Waals surface area contributed by atoms with Gasteiger partial charge in [-0.05, 0) is 26.0 Å². The number of halogens is 1. The minimum absolute atomic E-state index is 0.246. The lowest BCUT2D eigenvalue weighted by Gasteiger charge is -2.12. The van der Waals surface area contributed by atoms with Gasteiger partial charge in [0.2, 0.25) is 0 Å². The average molecular weight is 226 g/mol. The number of amidine groups is 1. The number of para-hydroxylation sites is 2. The highest BCUT2D eigenvalue weighted by atomic mass is 35.5. The smallest absolute Gasteiger partial charge is 0.115 e. The van der Waals surface area contributed by atoms with Crippen molar-refractivity contribution in [3.63, 3.8) is 0 Å². The molecular weight excluding hydrogens is 210 g/mol. The van der Waals surface area contributed by atoms with Crippen LogP contribution in [0.4, 0.5) is 11.4 Å². The largest absolute Gasteiger partial charge is 0.386 e. The zero-order valence-corrected chi connectivity index (χ0v) is 9.75. The first-order valence-corrected chi connectivity index (χ1v) is 5.41. The molecule has 0 heterocycles. The Hall–Kier alpha value is -1.22. The van der Waals surface area contributed by atoms with Gasteiger partial charge in [-0.1, -0.05) is 12.1 Å². The summed E-state index contributed by atoms with van der Waals surface area (Å²) >= 11 is 5.58. The van der Waals surface area contributed by atoms with E-state index in [9.17, 15) is 0 Å². The van der Waals surface area contributed by atoms with Gasteiger partial charge in [-0.15, -0.1) is 11.6 Å². The summed E-state index contributed by atoms with van der Waals surface area (Å²) in [6, 6.07) is 8.12. The molecule has 1 rings (SSSR count). The maximum Gasteiger partial charge on any atom is 0.115 e. The van der Waals surface area contributed by atoms with Crippen LogP contribution in [-0.4, -0.2) is 17.8 Å². The summed E-state index contributed by atoms with van der Waals surface area (Å²) in [6.07, 6.45) is 0. The summed E-state index contributed by atoms with van der Waals surface area (Å²) in [4.78, 5) is 4.23. The third-order valence-electron chi connectivity index (χ3n) is 1.75. The van der Waals surface area contributed by atoms with Crippen molar-refractivity contribution in [3.05, 3.63) is 24.3 Å². The normalized spacial score (nSPS) is 11.9. The first kappa shape index (κ1) is 11.9. The van der Waals surface area contributed by atoms with Gasteiger partial charge in [0.25, 0.3) is 0 Å². The van der Waals surface area contributed by atoms with Crippen molar-refractivity contribution >= 4 is 28.8 Å². The van der Waals surface area contributed by atoms with Crippen molar-refractivity contribution in [1.29, 1.82) is 0 Å². The van der Waals surface area contributed by atoms with Crippen molar-refractivity contribution in [1.82, 2.24) is 0 Å². The van der Waals surface area contributed by atoms with E-state index < -0.39 is 0 Å². The highest BCUT2D eigenvalue weighted by Gasteiger charge is 2.01. The molecule has 0 unspecified atom stereocenters. The lowest BCUT2D eigenvalue weighted by Crippen LogP contribution is -2.13. The van der Waals surface area contributed by atoms with Crippen LogP contribution in [0.2, 0.25) is 0 Å². The fourth-order valence-electron chi connectivity index (χ4n) is 1.19. The number of hydrogen-bond acceptors (Lipinski definition) is 2. The van der Waals surface area contributed by atoms with E-state index in [4.69, 9.17) is 17.3 Å². The maximum absolute atomic E-state index is 5.59. The van der Waals surface area contributed by atoms with E-state index in [-0.39, 0.29) is 5.88 Å². The van der Waals surface area contributed by atoms with Crippen molar-refractivity contribution in [2.75, 3.05) is 11.2 Å². The number of alkyl halides is 1. The van der Waals surface area contributed by atoms with Crippen LogP contribution in [0.25, 0.3) is 0 Å². The van der Waals surface area contributed by atoms with Gasteiger partial charge in [-0.25, -0.2) is 4.99 Å². The van der Waals surface area contributed by atoms with Gasteiger partial charge in [0.05, 0.1) is 17.3 Å². The van der Waals surface area contributed by atoms with Gasteiger partial charge >= 0.3 is 0 Å². The first-order valence-electron chi connectivity index (χ1n) is 4.88. The average Bonchev–Trinajstić information content (AvgIpc) is 2.20. The molecular formula is C11H16ClN3. The molecule has 0 saturated carbocycles. The molecule has 0 aliphatic carbocycles. The van der Waals surface area contributed by atoms with Gasteiger partial charge in [0.15, 0.2) is 0 Å². The number of aliphatic imine (C=N–C) groups is 1. The highest BCUT2D eigenvalue weighted by Crippen LogP contribution is 2.24. The third-order valence-corrected chi connectivity index (χ3v) is 2.02. The maximum atomic E-state index is 5.59.